The van der Waals surface area contributed by atoms with Crippen LogP contribution in [-0.4, -0.2) is 30.7 Å². The van der Waals surface area contributed by atoms with E-state index in [1.807, 2.05) is 6.92 Å². The molecule has 2 rings (SSSR count). The molecular weight excluding hydrogens is 220 g/mol. The molecule has 0 atom stereocenters. The van der Waals surface area contributed by atoms with E-state index < -0.39 is 5.97 Å². The second kappa shape index (κ2) is 3.47. The van der Waals surface area contributed by atoms with Crippen molar-refractivity contribution in [3.05, 3.63) is 22.7 Å². The van der Waals surface area contributed by atoms with Crippen molar-refractivity contribution in [2.75, 3.05) is 0 Å². The molecule has 0 aliphatic rings. The first kappa shape index (κ1) is 9.85. The van der Waals surface area contributed by atoms with Gasteiger partial charge in [-0.3, -0.25) is 0 Å². The fraction of sp³-hybridized carbons (Fsp3) is 0.250. The molecule has 0 bridgehead atoms. The maximum atomic E-state index is 10.9. The fourth-order valence-corrected chi connectivity index (χ4v) is 1.41. The van der Waals surface area contributed by atoms with E-state index in [1.165, 1.54) is 6.20 Å². The van der Waals surface area contributed by atoms with Crippen LogP contribution in [0.5, 0.6) is 0 Å². The van der Waals surface area contributed by atoms with E-state index >= 15 is 0 Å². The molecule has 0 fully saturated rings. The van der Waals surface area contributed by atoms with E-state index in [1.54, 1.807) is 0 Å². The summed E-state index contributed by atoms with van der Waals surface area (Å²) in [6.45, 7) is 1.87. The van der Waals surface area contributed by atoms with Crippen LogP contribution in [0.25, 0.3) is 5.78 Å². The molecule has 0 amide bonds. The van der Waals surface area contributed by atoms with Crippen LogP contribution in [0.4, 0.5) is 0 Å². The first-order valence-electron chi connectivity index (χ1n) is 4.27. The number of rotatable bonds is 2. The summed E-state index contributed by atoms with van der Waals surface area (Å²) in [5, 5.41) is 13.0. The molecule has 15 heavy (non-hydrogen) atoms. The lowest BCUT2D eigenvalue weighted by molar-refractivity contribution is 0.0687. The van der Waals surface area contributed by atoms with E-state index in [2.05, 4.69) is 15.1 Å². The van der Waals surface area contributed by atoms with Crippen LogP contribution in [0.2, 0.25) is 5.02 Å². The van der Waals surface area contributed by atoms with Crippen LogP contribution in [0.15, 0.2) is 6.20 Å². The highest BCUT2D eigenvalue weighted by molar-refractivity contribution is 6.33. The second-order valence-electron chi connectivity index (χ2n) is 2.85. The molecule has 1 N–H and O–H groups in total. The van der Waals surface area contributed by atoms with Gasteiger partial charge in [-0.2, -0.15) is 9.50 Å². The van der Waals surface area contributed by atoms with Gasteiger partial charge < -0.3 is 5.11 Å². The molecule has 0 saturated carbocycles. The van der Waals surface area contributed by atoms with Crippen molar-refractivity contribution in [3.8, 4) is 0 Å². The monoisotopic (exact) mass is 226 g/mol. The molecule has 2 heterocycles. The minimum atomic E-state index is -1.15. The Bertz CT molecular complexity index is 537. The molecule has 78 valence electrons. The fourth-order valence-electron chi connectivity index (χ4n) is 1.20. The van der Waals surface area contributed by atoms with Crippen LogP contribution >= 0.6 is 11.6 Å². The van der Waals surface area contributed by atoms with Crippen LogP contribution in [-0.2, 0) is 6.42 Å². The number of carbonyl (C=O) groups is 1. The summed E-state index contributed by atoms with van der Waals surface area (Å²) < 4.78 is 1.14. The highest BCUT2D eigenvalue weighted by atomic mass is 35.5. The van der Waals surface area contributed by atoms with Crippen LogP contribution < -0.4 is 0 Å². The van der Waals surface area contributed by atoms with Gasteiger partial charge in [0.15, 0.2) is 11.5 Å². The molecule has 2 aromatic rings. The van der Waals surface area contributed by atoms with Crippen molar-refractivity contribution in [2.24, 2.45) is 0 Å². The Balaban J connectivity index is 2.80. The number of carboxylic acid groups (broad SMARTS) is 1. The minimum absolute atomic E-state index is 0.0440. The van der Waals surface area contributed by atoms with Crippen LogP contribution in [0.1, 0.15) is 23.2 Å². The molecule has 0 radical (unpaired) electrons. The number of aromatic carboxylic acids is 1. The molecular formula is C8H7ClN4O2. The molecule has 0 aliphatic carbocycles. The Labute approximate surface area is 89.5 Å². The number of hydrogen-bond donors (Lipinski definition) is 1. The standard InChI is InChI=1S/C8H7ClN4O2/c1-2-5-11-8-10-3-4(9)6(7(14)15)13(8)12-5/h3H,2H2,1H3,(H,14,15). The highest BCUT2D eigenvalue weighted by Crippen LogP contribution is 2.15. The number of aromatic nitrogens is 4. The summed E-state index contributed by atoms with van der Waals surface area (Å²) in [7, 11) is 0. The Kier molecular flexibility index (Phi) is 2.28. The average molecular weight is 227 g/mol. The molecule has 6 nitrogen and oxygen atoms in total. The molecule has 0 saturated heterocycles. The number of carboxylic acids is 1. The largest absolute Gasteiger partial charge is 0.476 e. The van der Waals surface area contributed by atoms with Gasteiger partial charge >= 0.3 is 5.97 Å². The van der Waals surface area contributed by atoms with E-state index in [0.29, 0.717) is 12.2 Å². The zero-order chi connectivity index (χ0) is 11.0. The normalized spacial score (nSPS) is 10.8. The van der Waals surface area contributed by atoms with Gasteiger partial charge in [0.05, 0.1) is 11.2 Å². The zero-order valence-corrected chi connectivity index (χ0v) is 8.56. The Hall–Kier alpha value is -1.69. The summed E-state index contributed by atoms with van der Waals surface area (Å²) in [4.78, 5) is 18.9. The molecule has 0 spiro atoms. The van der Waals surface area contributed by atoms with E-state index in [0.717, 1.165) is 4.52 Å². The van der Waals surface area contributed by atoms with Crippen molar-refractivity contribution >= 4 is 23.3 Å². The SMILES string of the molecule is CCc1nc2ncc(Cl)c(C(=O)O)n2n1. The van der Waals surface area contributed by atoms with Gasteiger partial charge in [-0.1, -0.05) is 18.5 Å². The lowest BCUT2D eigenvalue weighted by atomic mass is 10.4. The number of fused-ring (bicyclic) bond motifs is 1. The van der Waals surface area contributed by atoms with Gasteiger partial charge in [0, 0.05) is 6.42 Å². The van der Waals surface area contributed by atoms with E-state index in [9.17, 15) is 4.79 Å². The summed E-state index contributed by atoms with van der Waals surface area (Å²) in [6.07, 6.45) is 1.87. The number of halogens is 1. The van der Waals surface area contributed by atoms with Gasteiger partial charge in [-0.05, 0) is 0 Å². The quantitative estimate of drug-likeness (QED) is 0.828. The predicted molar refractivity (Wildman–Crippen MR) is 52.1 cm³/mol. The molecule has 0 aliphatic heterocycles. The first-order chi connectivity index (χ1) is 7.13. The summed E-state index contributed by atoms with van der Waals surface area (Å²) >= 11 is 5.72. The van der Waals surface area contributed by atoms with Gasteiger partial charge in [0.25, 0.3) is 5.78 Å². The van der Waals surface area contributed by atoms with Gasteiger partial charge in [0.1, 0.15) is 0 Å². The third-order valence-corrected chi connectivity index (χ3v) is 2.16. The summed E-state index contributed by atoms with van der Waals surface area (Å²) in [5.74, 6) is -0.374. The lowest BCUT2D eigenvalue weighted by Gasteiger charge is -1.99. The van der Waals surface area contributed by atoms with Crippen molar-refractivity contribution in [1.82, 2.24) is 19.6 Å². The second-order valence-corrected chi connectivity index (χ2v) is 3.26. The van der Waals surface area contributed by atoms with Crippen molar-refractivity contribution in [2.45, 2.75) is 13.3 Å². The maximum Gasteiger partial charge on any atom is 0.356 e. The summed E-state index contributed by atoms with van der Waals surface area (Å²) in [5.41, 5.74) is -0.117. The van der Waals surface area contributed by atoms with Gasteiger partial charge in [-0.25, -0.2) is 9.78 Å². The smallest absolute Gasteiger partial charge is 0.356 e. The molecule has 0 aromatic carbocycles. The maximum absolute atomic E-state index is 10.9. The summed E-state index contributed by atoms with van der Waals surface area (Å²) in [6, 6.07) is 0. The average Bonchev–Trinajstić information content (AvgIpc) is 2.59. The zero-order valence-electron chi connectivity index (χ0n) is 7.81. The van der Waals surface area contributed by atoms with Crippen LogP contribution in [0, 0.1) is 0 Å². The first-order valence-corrected chi connectivity index (χ1v) is 4.64. The third kappa shape index (κ3) is 1.52. The predicted octanol–water partition coefficient (Wildman–Crippen LogP) is 1.04. The lowest BCUT2D eigenvalue weighted by Crippen LogP contribution is -2.08. The topological polar surface area (TPSA) is 80.4 Å². The number of aryl methyl sites for hydroxylation is 1. The number of hydrogen-bond acceptors (Lipinski definition) is 4. The molecule has 0 unspecified atom stereocenters. The third-order valence-electron chi connectivity index (χ3n) is 1.88. The molecule has 2 aromatic heterocycles. The highest BCUT2D eigenvalue weighted by Gasteiger charge is 2.16. The van der Waals surface area contributed by atoms with Gasteiger partial charge in [0.2, 0.25) is 0 Å². The van der Waals surface area contributed by atoms with Crippen LogP contribution in [0.3, 0.4) is 0 Å². The Morgan fingerprint density at radius 2 is 2.40 bits per heavy atom. The Morgan fingerprint density at radius 3 is 3.00 bits per heavy atom. The number of nitrogens with zero attached hydrogens (tertiary/aromatic N) is 4. The minimum Gasteiger partial charge on any atom is -0.476 e. The Morgan fingerprint density at radius 1 is 1.67 bits per heavy atom. The van der Waals surface area contributed by atoms with Crippen molar-refractivity contribution < 1.29 is 9.90 Å². The van der Waals surface area contributed by atoms with E-state index in [-0.39, 0.29) is 16.5 Å². The van der Waals surface area contributed by atoms with Crippen molar-refractivity contribution in [1.29, 1.82) is 0 Å². The van der Waals surface area contributed by atoms with E-state index in [4.69, 9.17) is 16.7 Å². The van der Waals surface area contributed by atoms with Gasteiger partial charge in [-0.15, -0.1) is 5.10 Å². The van der Waals surface area contributed by atoms with Crippen molar-refractivity contribution in [3.63, 3.8) is 0 Å². The molecule has 7 heteroatoms.